The highest BCUT2D eigenvalue weighted by molar-refractivity contribution is 9.10. The maximum absolute atomic E-state index is 14.5. The molecule has 45 heavy (non-hydrogen) atoms. The Morgan fingerprint density at radius 1 is 0.800 bits per heavy atom. The van der Waals surface area contributed by atoms with Crippen LogP contribution < -0.4 is 9.62 Å². The molecule has 4 rings (SSSR count). The molecule has 0 aliphatic carbocycles. The van der Waals surface area contributed by atoms with Crippen LogP contribution in [0.1, 0.15) is 42.5 Å². The molecule has 0 aliphatic heterocycles. The van der Waals surface area contributed by atoms with E-state index in [9.17, 15) is 18.0 Å². The normalized spacial score (nSPS) is 12.6. The van der Waals surface area contributed by atoms with Gasteiger partial charge in [-0.1, -0.05) is 101 Å². The van der Waals surface area contributed by atoms with Crippen LogP contribution in [0.3, 0.4) is 0 Å². The minimum absolute atomic E-state index is 0.0799. The molecule has 0 fully saturated rings. The Morgan fingerprint density at radius 3 is 1.96 bits per heavy atom. The minimum Gasteiger partial charge on any atom is -0.352 e. The maximum Gasteiger partial charge on any atom is 0.264 e. The highest BCUT2D eigenvalue weighted by Crippen LogP contribution is 2.26. The van der Waals surface area contributed by atoms with E-state index in [0.29, 0.717) is 5.69 Å². The quantitative estimate of drug-likeness (QED) is 0.167. The van der Waals surface area contributed by atoms with Crippen LogP contribution in [0, 0.1) is 13.8 Å². The number of carbonyl (C=O) groups is 2. The van der Waals surface area contributed by atoms with E-state index < -0.39 is 28.5 Å². The average Bonchev–Trinajstić information content (AvgIpc) is 3.03. The van der Waals surface area contributed by atoms with Gasteiger partial charge in [-0.25, -0.2) is 8.42 Å². The van der Waals surface area contributed by atoms with Gasteiger partial charge < -0.3 is 10.2 Å². The molecule has 0 radical (unpaired) electrons. The Balaban J connectivity index is 1.80. The lowest BCUT2D eigenvalue weighted by atomic mass is 10.0. The Kier molecular flexibility index (Phi) is 11.6. The first-order chi connectivity index (χ1) is 21.5. The molecule has 236 valence electrons. The molecule has 2 atom stereocenters. The molecule has 0 unspecified atom stereocenters. The molecule has 0 saturated carbocycles. The minimum atomic E-state index is -4.14. The SMILES string of the molecule is CC[C@@H](C)NC(=O)[C@H](Cc1ccccc1)N(Cc1ccc(Br)cc1)C(=O)CN(c1ccc(C)cc1)S(=O)(=O)c1ccc(C)cc1. The summed E-state index contributed by atoms with van der Waals surface area (Å²) >= 11 is 3.47. The van der Waals surface area contributed by atoms with Gasteiger partial charge in [0.25, 0.3) is 10.0 Å². The van der Waals surface area contributed by atoms with Crippen LogP contribution in [-0.4, -0.2) is 43.8 Å². The zero-order valence-electron chi connectivity index (χ0n) is 26.1. The molecule has 0 bridgehead atoms. The van der Waals surface area contributed by atoms with Crippen LogP contribution in [0.2, 0.25) is 0 Å². The highest BCUT2D eigenvalue weighted by atomic mass is 79.9. The molecule has 9 heteroatoms. The van der Waals surface area contributed by atoms with E-state index in [2.05, 4.69) is 21.2 Å². The third-order valence-electron chi connectivity index (χ3n) is 7.75. The Morgan fingerprint density at radius 2 is 1.38 bits per heavy atom. The first-order valence-corrected chi connectivity index (χ1v) is 17.3. The summed E-state index contributed by atoms with van der Waals surface area (Å²) in [4.78, 5) is 30.0. The number of carbonyl (C=O) groups excluding carboxylic acids is 2. The number of benzene rings is 4. The van der Waals surface area contributed by atoms with Crippen LogP contribution >= 0.6 is 15.9 Å². The molecule has 7 nitrogen and oxygen atoms in total. The Labute approximate surface area is 275 Å². The van der Waals surface area contributed by atoms with Gasteiger partial charge >= 0.3 is 0 Å². The van der Waals surface area contributed by atoms with Crippen LogP contribution in [0.5, 0.6) is 0 Å². The predicted molar refractivity (Wildman–Crippen MR) is 183 cm³/mol. The fraction of sp³-hybridized carbons (Fsp3) is 0.278. The number of sulfonamides is 1. The van der Waals surface area contributed by atoms with E-state index >= 15 is 0 Å². The number of hydrogen-bond donors (Lipinski definition) is 1. The van der Waals surface area contributed by atoms with Crippen molar-refractivity contribution in [3.8, 4) is 0 Å². The molecule has 0 saturated heterocycles. The van der Waals surface area contributed by atoms with Gasteiger partial charge in [0.2, 0.25) is 11.8 Å². The lowest BCUT2D eigenvalue weighted by Gasteiger charge is -2.34. The van der Waals surface area contributed by atoms with E-state index in [1.165, 1.54) is 4.90 Å². The first kappa shape index (κ1) is 33.9. The van der Waals surface area contributed by atoms with E-state index in [4.69, 9.17) is 0 Å². The number of halogens is 1. The smallest absolute Gasteiger partial charge is 0.264 e. The van der Waals surface area contributed by atoms with E-state index in [1.807, 2.05) is 94.4 Å². The summed E-state index contributed by atoms with van der Waals surface area (Å²) in [6, 6.07) is 29.7. The summed E-state index contributed by atoms with van der Waals surface area (Å²) in [7, 11) is -4.14. The summed E-state index contributed by atoms with van der Waals surface area (Å²) in [6.07, 6.45) is 0.987. The zero-order valence-corrected chi connectivity index (χ0v) is 28.5. The van der Waals surface area contributed by atoms with Crippen molar-refractivity contribution in [3.63, 3.8) is 0 Å². The largest absolute Gasteiger partial charge is 0.352 e. The van der Waals surface area contributed by atoms with Gasteiger partial charge in [0.05, 0.1) is 10.6 Å². The summed E-state index contributed by atoms with van der Waals surface area (Å²) < 4.78 is 30.3. The zero-order chi connectivity index (χ0) is 32.6. The molecule has 4 aromatic carbocycles. The summed E-state index contributed by atoms with van der Waals surface area (Å²) in [5.74, 6) is -0.781. The summed E-state index contributed by atoms with van der Waals surface area (Å²) in [5, 5.41) is 3.06. The number of anilines is 1. The van der Waals surface area contributed by atoms with Gasteiger partial charge in [-0.3, -0.25) is 13.9 Å². The Hall–Kier alpha value is -3.95. The van der Waals surface area contributed by atoms with Crippen molar-refractivity contribution in [2.24, 2.45) is 0 Å². The second-order valence-corrected chi connectivity index (χ2v) is 14.1. The van der Waals surface area contributed by atoms with E-state index in [1.54, 1.807) is 36.4 Å². The van der Waals surface area contributed by atoms with Gasteiger partial charge in [0.1, 0.15) is 12.6 Å². The van der Waals surface area contributed by atoms with Crippen LogP contribution in [0.15, 0.2) is 112 Å². The molecule has 2 amide bonds. The lowest BCUT2D eigenvalue weighted by Crippen LogP contribution is -2.54. The number of hydrogen-bond acceptors (Lipinski definition) is 4. The molecular weight excluding hydrogens is 650 g/mol. The topological polar surface area (TPSA) is 86.8 Å². The second kappa shape index (κ2) is 15.4. The maximum atomic E-state index is 14.5. The first-order valence-electron chi connectivity index (χ1n) is 15.0. The van der Waals surface area contributed by atoms with E-state index in [-0.39, 0.29) is 29.8 Å². The van der Waals surface area contributed by atoms with Gasteiger partial charge in [-0.05, 0) is 74.7 Å². The highest BCUT2D eigenvalue weighted by Gasteiger charge is 2.35. The van der Waals surface area contributed by atoms with Gasteiger partial charge in [-0.15, -0.1) is 0 Å². The van der Waals surface area contributed by atoms with Crippen LogP contribution in [0.4, 0.5) is 5.69 Å². The Bertz CT molecular complexity index is 1680. The molecular formula is C36H40BrN3O4S. The third-order valence-corrected chi connectivity index (χ3v) is 10.1. The van der Waals surface area contributed by atoms with Crippen molar-refractivity contribution in [1.29, 1.82) is 0 Å². The fourth-order valence-corrected chi connectivity index (χ4v) is 6.54. The van der Waals surface area contributed by atoms with Crippen LogP contribution in [0.25, 0.3) is 0 Å². The number of amides is 2. The van der Waals surface area contributed by atoms with E-state index in [0.717, 1.165) is 37.5 Å². The van der Waals surface area contributed by atoms with Crippen molar-refractivity contribution < 1.29 is 18.0 Å². The fourth-order valence-electron chi connectivity index (χ4n) is 4.86. The number of nitrogens with zero attached hydrogens (tertiary/aromatic N) is 2. The van der Waals surface area contributed by atoms with Crippen molar-refractivity contribution >= 4 is 43.5 Å². The summed E-state index contributed by atoms with van der Waals surface area (Å²) in [5.41, 5.74) is 3.94. The van der Waals surface area contributed by atoms with Crippen molar-refractivity contribution in [1.82, 2.24) is 10.2 Å². The number of rotatable bonds is 13. The molecule has 0 spiro atoms. The second-order valence-electron chi connectivity index (χ2n) is 11.3. The number of aryl methyl sites for hydroxylation is 2. The lowest BCUT2D eigenvalue weighted by molar-refractivity contribution is -0.140. The third kappa shape index (κ3) is 9.05. The van der Waals surface area contributed by atoms with Crippen molar-refractivity contribution in [2.45, 2.75) is 64.1 Å². The predicted octanol–water partition coefficient (Wildman–Crippen LogP) is 6.82. The molecule has 0 heterocycles. The molecule has 4 aromatic rings. The van der Waals surface area contributed by atoms with Crippen molar-refractivity contribution in [3.05, 3.63) is 130 Å². The molecule has 0 aromatic heterocycles. The summed E-state index contributed by atoms with van der Waals surface area (Å²) in [6.45, 7) is 7.33. The monoisotopic (exact) mass is 689 g/mol. The average molecular weight is 691 g/mol. The number of nitrogens with one attached hydrogen (secondary N) is 1. The molecule has 1 N–H and O–H groups in total. The standard InChI is InChI=1S/C36H40BrN3O4S/c1-5-28(4)38-36(42)34(23-29-9-7-6-8-10-29)39(24-30-15-17-31(37)18-16-30)35(41)25-40(32-19-11-26(2)12-20-32)45(43,44)33-21-13-27(3)14-22-33/h6-22,28,34H,5,23-25H2,1-4H3,(H,38,42)/t28-,34+/m1/s1. The van der Waals surface area contributed by atoms with Gasteiger partial charge in [-0.2, -0.15) is 0 Å². The van der Waals surface area contributed by atoms with Gasteiger partial charge in [0, 0.05) is 23.5 Å². The van der Waals surface area contributed by atoms with Gasteiger partial charge in [0.15, 0.2) is 0 Å². The van der Waals surface area contributed by atoms with Crippen molar-refractivity contribution in [2.75, 3.05) is 10.8 Å². The molecule has 0 aliphatic rings. The van der Waals surface area contributed by atoms with Crippen LogP contribution in [-0.2, 0) is 32.6 Å².